The van der Waals surface area contributed by atoms with Crippen molar-refractivity contribution in [3.63, 3.8) is 0 Å². The average Bonchev–Trinajstić information content (AvgIpc) is 3.37. The zero-order valence-corrected chi connectivity index (χ0v) is 16.3. The number of methoxy groups -OCH3 is 1. The summed E-state index contributed by atoms with van der Waals surface area (Å²) in [6, 6.07) is 14.5. The molecule has 0 saturated carbocycles. The first kappa shape index (κ1) is 17.3. The topological polar surface area (TPSA) is 29.5 Å². The van der Waals surface area contributed by atoms with Crippen LogP contribution in [0.25, 0.3) is 0 Å². The molecular weight excluding hydrogens is 362 g/mol. The fourth-order valence-corrected chi connectivity index (χ4v) is 5.28. The standard InChI is InChI=1S/C21H21NO2S2/c1-24-16-7-4-15(5-8-16)6-9-20(23)22-12-10-18-17(11-14-26-18)21(22)19-3-2-13-25-19/h2-5,7-8,11,13-14,21H,6,9-10,12H2,1H3. The van der Waals surface area contributed by atoms with Gasteiger partial charge in [0, 0.05) is 22.7 Å². The number of benzene rings is 1. The summed E-state index contributed by atoms with van der Waals surface area (Å²) in [6.45, 7) is 0.803. The number of ether oxygens (including phenoxy) is 1. The van der Waals surface area contributed by atoms with E-state index in [1.165, 1.54) is 20.9 Å². The normalized spacial score (nSPS) is 16.3. The molecule has 2 aromatic heterocycles. The minimum absolute atomic E-state index is 0.0772. The van der Waals surface area contributed by atoms with E-state index in [9.17, 15) is 4.79 Å². The number of thiophene rings is 2. The first-order chi connectivity index (χ1) is 12.8. The molecule has 1 atom stereocenters. The third-order valence-electron chi connectivity index (χ3n) is 4.89. The minimum Gasteiger partial charge on any atom is -0.497 e. The molecule has 134 valence electrons. The van der Waals surface area contributed by atoms with E-state index >= 15 is 0 Å². The third-order valence-corrected chi connectivity index (χ3v) is 6.81. The van der Waals surface area contributed by atoms with Crippen molar-refractivity contribution in [3.05, 3.63) is 74.1 Å². The lowest BCUT2D eigenvalue weighted by atomic mass is 9.97. The number of rotatable bonds is 5. The zero-order chi connectivity index (χ0) is 17.9. The predicted octanol–water partition coefficient (Wildman–Crippen LogP) is 4.93. The zero-order valence-electron chi connectivity index (χ0n) is 14.7. The van der Waals surface area contributed by atoms with Gasteiger partial charge in [0.15, 0.2) is 0 Å². The Morgan fingerprint density at radius 3 is 2.73 bits per heavy atom. The van der Waals surface area contributed by atoms with Crippen LogP contribution in [0.3, 0.4) is 0 Å². The summed E-state index contributed by atoms with van der Waals surface area (Å²) in [4.78, 5) is 17.8. The molecule has 1 amide bonds. The van der Waals surface area contributed by atoms with Gasteiger partial charge < -0.3 is 9.64 Å². The number of amides is 1. The SMILES string of the molecule is COc1ccc(CCC(=O)N2CCc3sccc3C2c2cccs2)cc1. The lowest BCUT2D eigenvalue weighted by molar-refractivity contribution is -0.133. The molecule has 1 unspecified atom stereocenters. The molecule has 3 heterocycles. The van der Waals surface area contributed by atoms with E-state index in [0.29, 0.717) is 6.42 Å². The minimum atomic E-state index is 0.0772. The molecule has 0 saturated heterocycles. The van der Waals surface area contributed by atoms with Crippen LogP contribution in [0, 0.1) is 0 Å². The predicted molar refractivity (Wildman–Crippen MR) is 107 cm³/mol. The van der Waals surface area contributed by atoms with Crippen molar-refractivity contribution in [3.8, 4) is 5.75 Å². The van der Waals surface area contributed by atoms with E-state index in [1.807, 2.05) is 35.6 Å². The van der Waals surface area contributed by atoms with Crippen LogP contribution >= 0.6 is 22.7 Å². The largest absolute Gasteiger partial charge is 0.497 e. The van der Waals surface area contributed by atoms with Crippen LogP contribution < -0.4 is 4.74 Å². The Bertz CT molecular complexity index is 868. The van der Waals surface area contributed by atoms with Crippen LogP contribution in [0.4, 0.5) is 0 Å². The second-order valence-corrected chi connectivity index (χ2v) is 8.38. The van der Waals surface area contributed by atoms with Crippen molar-refractivity contribution < 1.29 is 9.53 Å². The molecule has 3 aromatic rings. The van der Waals surface area contributed by atoms with Crippen molar-refractivity contribution in [1.82, 2.24) is 4.90 Å². The number of hydrogen-bond acceptors (Lipinski definition) is 4. The highest BCUT2D eigenvalue weighted by atomic mass is 32.1. The number of carbonyl (C=O) groups excluding carboxylic acids is 1. The molecule has 26 heavy (non-hydrogen) atoms. The van der Waals surface area contributed by atoms with E-state index in [1.54, 1.807) is 18.4 Å². The Kier molecular flexibility index (Phi) is 5.09. The molecule has 3 nitrogen and oxygen atoms in total. The first-order valence-electron chi connectivity index (χ1n) is 8.78. The second kappa shape index (κ2) is 7.64. The number of carbonyl (C=O) groups is 1. The number of nitrogens with zero attached hydrogens (tertiary/aromatic N) is 1. The fraction of sp³-hybridized carbons (Fsp3) is 0.286. The van der Waals surface area contributed by atoms with E-state index in [-0.39, 0.29) is 11.9 Å². The molecule has 0 spiro atoms. The molecule has 1 aliphatic heterocycles. The molecular formula is C21H21NO2S2. The Labute approximate surface area is 161 Å². The van der Waals surface area contributed by atoms with Crippen molar-refractivity contribution in [2.45, 2.75) is 25.3 Å². The van der Waals surface area contributed by atoms with E-state index < -0.39 is 0 Å². The average molecular weight is 384 g/mol. The molecule has 1 aliphatic rings. The van der Waals surface area contributed by atoms with Crippen LogP contribution in [0.2, 0.25) is 0 Å². The molecule has 4 rings (SSSR count). The summed E-state index contributed by atoms with van der Waals surface area (Å²) >= 11 is 3.54. The highest BCUT2D eigenvalue weighted by molar-refractivity contribution is 7.10. The van der Waals surface area contributed by atoms with Crippen molar-refractivity contribution >= 4 is 28.6 Å². The molecule has 0 bridgehead atoms. The Morgan fingerprint density at radius 1 is 1.15 bits per heavy atom. The van der Waals surface area contributed by atoms with Gasteiger partial charge >= 0.3 is 0 Å². The number of fused-ring (bicyclic) bond motifs is 1. The summed E-state index contributed by atoms with van der Waals surface area (Å²) in [7, 11) is 1.66. The van der Waals surface area contributed by atoms with Crippen LogP contribution in [-0.4, -0.2) is 24.5 Å². The van der Waals surface area contributed by atoms with Gasteiger partial charge in [-0.3, -0.25) is 4.79 Å². The van der Waals surface area contributed by atoms with Gasteiger partial charge in [-0.2, -0.15) is 0 Å². The molecule has 0 aliphatic carbocycles. The van der Waals surface area contributed by atoms with Crippen LogP contribution in [0.1, 0.15) is 33.3 Å². The molecule has 0 fully saturated rings. The monoisotopic (exact) mass is 383 g/mol. The summed E-state index contributed by atoms with van der Waals surface area (Å²) in [6.07, 6.45) is 2.25. The van der Waals surface area contributed by atoms with Gasteiger partial charge in [0.05, 0.1) is 13.2 Å². The quantitative estimate of drug-likeness (QED) is 0.625. The smallest absolute Gasteiger partial charge is 0.223 e. The molecule has 0 N–H and O–H groups in total. The van der Waals surface area contributed by atoms with Gasteiger partial charge in [-0.05, 0) is 59.0 Å². The van der Waals surface area contributed by atoms with Gasteiger partial charge in [-0.15, -0.1) is 22.7 Å². The maximum atomic E-state index is 13.0. The highest BCUT2D eigenvalue weighted by Crippen LogP contribution is 2.39. The molecule has 1 aromatic carbocycles. The van der Waals surface area contributed by atoms with Gasteiger partial charge in [0.1, 0.15) is 5.75 Å². The van der Waals surface area contributed by atoms with E-state index in [0.717, 1.165) is 25.1 Å². The van der Waals surface area contributed by atoms with E-state index in [2.05, 4.69) is 33.9 Å². The van der Waals surface area contributed by atoms with Crippen LogP contribution in [-0.2, 0) is 17.6 Å². The molecule has 5 heteroatoms. The van der Waals surface area contributed by atoms with Crippen molar-refractivity contribution in [2.75, 3.05) is 13.7 Å². The first-order valence-corrected chi connectivity index (χ1v) is 10.5. The van der Waals surface area contributed by atoms with Gasteiger partial charge in [0.25, 0.3) is 0 Å². The second-order valence-electron chi connectivity index (χ2n) is 6.40. The van der Waals surface area contributed by atoms with Gasteiger partial charge in [0.2, 0.25) is 5.91 Å². The maximum Gasteiger partial charge on any atom is 0.223 e. The van der Waals surface area contributed by atoms with Gasteiger partial charge in [-0.25, -0.2) is 0 Å². The Balaban J connectivity index is 1.50. The Hall–Kier alpha value is -2.11. The lowest BCUT2D eigenvalue weighted by Crippen LogP contribution is -2.39. The van der Waals surface area contributed by atoms with Crippen molar-refractivity contribution in [1.29, 1.82) is 0 Å². The molecule has 0 radical (unpaired) electrons. The maximum absolute atomic E-state index is 13.0. The van der Waals surface area contributed by atoms with E-state index in [4.69, 9.17) is 4.74 Å². The Morgan fingerprint density at radius 2 is 2.00 bits per heavy atom. The summed E-state index contributed by atoms with van der Waals surface area (Å²) in [5, 5.41) is 4.24. The lowest BCUT2D eigenvalue weighted by Gasteiger charge is -2.35. The third kappa shape index (κ3) is 3.41. The number of aryl methyl sites for hydroxylation is 1. The highest BCUT2D eigenvalue weighted by Gasteiger charge is 2.32. The summed E-state index contributed by atoms with van der Waals surface area (Å²) < 4.78 is 5.20. The van der Waals surface area contributed by atoms with Crippen LogP contribution in [0.5, 0.6) is 5.75 Å². The summed E-state index contributed by atoms with van der Waals surface area (Å²) in [5.41, 5.74) is 2.47. The van der Waals surface area contributed by atoms with Crippen molar-refractivity contribution in [2.24, 2.45) is 0 Å². The van der Waals surface area contributed by atoms with Crippen LogP contribution in [0.15, 0.2) is 53.2 Å². The summed E-state index contributed by atoms with van der Waals surface area (Å²) in [5.74, 6) is 1.08. The fourth-order valence-electron chi connectivity index (χ4n) is 3.53. The number of hydrogen-bond donors (Lipinski definition) is 0. The van der Waals surface area contributed by atoms with Gasteiger partial charge in [-0.1, -0.05) is 18.2 Å².